The first-order valence-electron chi connectivity index (χ1n) is 6.13. The second-order valence-corrected chi connectivity index (χ2v) is 5.34. The predicted molar refractivity (Wildman–Crippen MR) is 79.9 cm³/mol. The third kappa shape index (κ3) is 2.66. The van der Waals surface area contributed by atoms with E-state index >= 15 is 0 Å². The number of aromatic nitrogens is 2. The largest absolute Gasteiger partial charge is 0.478 e. The molecule has 21 heavy (non-hydrogen) atoms. The Balaban J connectivity index is 2.07. The minimum absolute atomic E-state index is 0.108. The van der Waals surface area contributed by atoms with Crippen LogP contribution in [-0.2, 0) is 0 Å². The Labute approximate surface area is 123 Å². The zero-order valence-corrected chi connectivity index (χ0v) is 11.6. The minimum atomic E-state index is -1.05. The topological polar surface area (TPSA) is 83.0 Å². The van der Waals surface area contributed by atoms with E-state index in [9.17, 15) is 9.59 Å². The average Bonchev–Trinajstić information content (AvgIpc) is 2.47. The summed E-state index contributed by atoms with van der Waals surface area (Å²) in [5.41, 5.74) is -0.0973. The van der Waals surface area contributed by atoms with E-state index in [1.54, 1.807) is 18.2 Å². The molecule has 5 nitrogen and oxygen atoms in total. The van der Waals surface area contributed by atoms with E-state index < -0.39 is 5.97 Å². The molecular formula is C15H10N2O3S. The number of benzene rings is 1. The molecule has 6 heteroatoms. The van der Waals surface area contributed by atoms with E-state index in [1.165, 1.54) is 12.3 Å². The van der Waals surface area contributed by atoms with Gasteiger partial charge in [0.25, 0.3) is 5.56 Å². The van der Waals surface area contributed by atoms with Gasteiger partial charge in [0, 0.05) is 11.6 Å². The van der Waals surface area contributed by atoms with Crippen molar-refractivity contribution >= 4 is 28.5 Å². The lowest BCUT2D eigenvalue weighted by atomic mass is 10.2. The number of hydrogen-bond acceptors (Lipinski definition) is 4. The van der Waals surface area contributed by atoms with E-state index in [1.807, 2.05) is 18.2 Å². The lowest BCUT2D eigenvalue weighted by Crippen LogP contribution is -2.07. The van der Waals surface area contributed by atoms with E-state index in [4.69, 9.17) is 5.11 Å². The zero-order valence-electron chi connectivity index (χ0n) is 10.7. The molecule has 0 atom stereocenters. The third-order valence-corrected chi connectivity index (χ3v) is 3.90. The molecule has 3 aromatic rings. The van der Waals surface area contributed by atoms with Gasteiger partial charge >= 0.3 is 5.97 Å². The van der Waals surface area contributed by atoms with Crippen LogP contribution >= 0.6 is 11.8 Å². The van der Waals surface area contributed by atoms with Crippen molar-refractivity contribution in [1.82, 2.24) is 9.97 Å². The molecule has 0 spiro atoms. The molecule has 0 amide bonds. The van der Waals surface area contributed by atoms with Crippen molar-refractivity contribution in [3.05, 3.63) is 64.6 Å². The Morgan fingerprint density at radius 1 is 1.19 bits per heavy atom. The molecule has 0 aliphatic carbocycles. The van der Waals surface area contributed by atoms with Gasteiger partial charge in [0.1, 0.15) is 5.03 Å². The highest BCUT2D eigenvalue weighted by molar-refractivity contribution is 7.99. The SMILES string of the molecule is O=C(O)c1cccnc1Sc1cc2ccccc2c(=O)[nH]1. The maximum absolute atomic E-state index is 12.0. The first kappa shape index (κ1) is 13.4. The summed E-state index contributed by atoms with van der Waals surface area (Å²) in [4.78, 5) is 30.0. The van der Waals surface area contributed by atoms with Crippen molar-refractivity contribution in [2.75, 3.05) is 0 Å². The Morgan fingerprint density at radius 2 is 2.00 bits per heavy atom. The van der Waals surface area contributed by atoms with Crippen LogP contribution < -0.4 is 5.56 Å². The summed E-state index contributed by atoms with van der Waals surface area (Å²) in [6.45, 7) is 0. The van der Waals surface area contributed by atoms with Gasteiger partial charge in [-0.15, -0.1) is 0 Å². The number of carboxylic acid groups (broad SMARTS) is 1. The molecule has 0 aliphatic rings. The number of pyridine rings is 2. The van der Waals surface area contributed by atoms with Crippen LogP contribution in [-0.4, -0.2) is 21.0 Å². The minimum Gasteiger partial charge on any atom is -0.478 e. The number of nitrogens with one attached hydrogen (secondary N) is 1. The van der Waals surface area contributed by atoms with Gasteiger partial charge < -0.3 is 10.1 Å². The van der Waals surface area contributed by atoms with Crippen molar-refractivity contribution in [3.8, 4) is 0 Å². The highest BCUT2D eigenvalue weighted by Crippen LogP contribution is 2.28. The molecule has 2 aromatic heterocycles. The van der Waals surface area contributed by atoms with Gasteiger partial charge in [0.2, 0.25) is 0 Å². The molecule has 3 rings (SSSR count). The Hall–Kier alpha value is -2.60. The first-order valence-corrected chi connectivity index (χ1v) is 6.95. The molecule has 104 valence electrons. The van der Waals surface area contributed by atoms with Crippen molar-refractivity contribution in [3.63, 3.8) is 0 Å². The fourth-order valence-corrected chi connectivity index (χ4v) is 2.90. The zero-order chi connectivity index (χ0) is 14.8. The van der Waals surface area contributed by atoms with Crippen molar-refractivity contribution in [2.24, 2.45) is 0 Å². The summed E-state index contributed by atoms with van der Waals surface area (Å²) in [6, 6.07) is 12.1. The highest BCUT2D eigenvalue weighted by atomic mass is 32.2. The number of hydrogen-bond donors (Lipinski definition) is 2. The molecule has 0 saturated heterocycles. The molecule has 0 bridgehead atoms. The molecule has 2 heterocycles. The van der Waals surface area contributed by atoms with Crippen molar-refractivity contribution in [2.45, 2.75) is 10.1 Å². The van der Waals surface area contributed by atoms with E-state index in [-0.39, 0.29) is 11.1 Å². The molecule has 0 saturated carbocycles. The number of carbonyl (C=O) groups is 1. The maximum atomic E-state index is 12.0. The van der Waals surface area contributed by atoms with Gasteiger partial charge in [-0.3, -0.25) is 4.79 Å². The second-order valence-electron chi connectivity index (χ2n) is 4.31. The van der Waals surface area contributed by atoms with Gasteiger partial charge in [-0.25, -0.2) is 9.78 Å². The molecule has 0 fully saturated rings. The molecule has 0 aliphatic heterocycles. The number of carboxylic acids is 1. The monoisotopic (exact) mass is 298 g/mol. The van der Waals surface area contributed by atoms with Crippen LogP contribution in [0.3, 0.4) is 0 Å². The van der Waals surface area contributed by atoms with Gasteiger partial charge in [-0.2, -0.15) is 0 Å². The van der Waals surface area contributed by atoms with Gasteiger partial charge in [-0.1, -0.05) is 30.0 Å². The number of nitrogens with zero attached hydrogens (tertiary/aromatic N) is 1. The smallest absolute Gasteiger partial charge is 0.338 e. The van der Waals surface area contributed by atoms with Crippen LogP contribution in [0.1, 0.15) is 10.4 Å². The molecule has 2 N–H and O–H groups in total. The van der Waals surface area contributed by atoms with Crippen molar-refractivity contribution < 1.29 is 9.90 Å². The number of rotatable bonds is 3. The number of aromatic carboxylic acids is 1. The van der Waals surface area contributed by atoms with Gasteiger partial charge in [0.15, 0.2) is 0 Å². The third-order valence-electron chi connectivity index (χ3n) is 2.94. The molecule has 1 aromatic carbocycles. The Kier molecular flexibility index (Phi) is 3.45. The quantitative estimate of drug-likeness (QED) is 0.777. The lowest BCUT2D eigenvalue weighted by Gasteiger charge is -2.05. The first-order chi connectivity index (χ1) is 10.1. The number of H-pyrrole nitrogens is 1. The summed E-state index contributed by atoms with van der Waals surface area (Å²) in [5, 5.41) is 11.4. The van der Waals surface area contributed by atoms with Crippen molar-refractivity contribution in [1.29, 1.82) is 0 Å². The van der Waals surface area contributed by atoms with Crippen LogP contribution in [0.25, 0.3) is 10.8 Å². The van der Waals surface area contributed by atoms with Crippen LogP contribution in [0.2, 0.25) is 0 Å². The summed E-state index contributed by atoms with van der Waals surface area (Å²) in [6.07, 6.45) is 1.52. The van der Waals surface area contributed by atoms with Crippen LogP contribution in [0.5, 0.6) is 0 Å². The summed E-state index contributed by atoms with van der Waals surface area (Å²) in [5.74, 6) is -1.05. The number of aromatic amines is 1. The standard InChI is InChI=1S/C15H10N2O3S/c18-13-10-5-2-1-4-9(10)8-12(17-13)21-14-11(15(19)20)6-3-7-16-14/h1-8H,(H,17,18)(H,19,20). The normalized spacial score (nSPS) is 10.7. The van der Waals surface area contributed by atoms with Crippen LogP contribution in [0, 0.1) is 0 Å². The lowest BCUT2D eigenvalue weighted by molar-refractivity contribution is 0.0692. The maximum Gasteiger partial charge on any atom is 0.338 e. The predicted octanol–water partition coefficient (Wildman–Crippen LogP) is 2.77. The second kappa shape index (κ2) is 5.41. The Morgan fingerprint density at radius 3 is 2.81 bits per heavy atom. The average molecular weight is 298 g/mol. The van der Waals surface area contributed by atoms with Gasteiger partial charge in [0.05, 0.1) is 10.6 Å². The highest BCUT2D eigenvalue weighted by Gasteiger charge is 2.12. The molecule has 0 unspecified atom stereocenters. The Bertz CT molecular complexity index is 889. The fraction of sp³-hybridized carbons (Fsp3) is 0. The van der Waals surface area contributed by atoms with Crippen LogP contribution in [0.4, 0.5) is 0 Å². The van der Waals surface area contributed by atoms with E-state index in [0.717, 1.165) is 17.1 Å². The van der Waals surface area contributed by atoms with E-state index in [2.05, 4.69) is 9.97 Å². The fourth-order valence-electron chi connectivity index (χ4n) is 1.98. The van der Waals surface area contributed by atoms with Gasteiger partial charge in [-0.05, 0) is 29.7 Å². The molecule has 0 radical (unpaired) electrons. The molecular weight excluding hydrogens is 288 g/mol. The summed E-state index contributed by atoms with van der Waals surface area (Å²) in [7, 11) is 0. The summed E-state index contributed by atoms with van der Waals surface area (Å²) >= 11 is 1.12. The summed E-state index contributed by atoms with van der Waals surface area (Å²) < 4.78 is 0. The van der Waals surface area contributed by atoms with Crippen LogP contribution in [0.15, 0.2) is 63.5 Å². The number of fused-ring (bicyclic) bond motifs is 1. The van der Waals surface area contributed by atoms with E-state index in [0.29, 0.717) is 15.4 Å².